The Bertz CT molecular complexity index is 1480. The molecule has 1 N–H and O–H groups in total. The lowest BCUT2D eigenvalue weighted by Crippen LogP contribution is -2.67. The van der Waals surface area contributed by atoms with Crippen molar-refractivity contribution in [1.82, 2.24) is 0 Å². The zero-order valence-electron chi connectivity index (χ0n) is 29.9. The zero-order chi connectivity index (χ0) is 35.2. The van der Waals surface area contributed by atoms with E-state index >= 15 is 0 Å². The van der Waals surface area contributed by atoms with Gasteiger partial charge in [-0.25, -0.2) is 0 Å². The normalized spacial score (nSPS) is 13.2. The summed E-state index contributed by atoms with van der Waals surface area (Å²) in [6.45, 7) is 22.7. The van der Waals surface area contributed by atoms with Gasteiger partial charge in [0.15, 0.2) is 0 Å². The molecule has 0 aromatic heterocycles. The van der Waals surface area contributed by atoms with Crippen LogP contribution in [0.1, 0.15) is 73.1 Å². The summed E-state index contributed by atoms with van der Waals surface area (Å²) in [5.41, 5.74) is 2.06. The van der Waals surface area contributed by atoms with Crippen LogP contribution in [0.5, 0.6) is 11.5 Å². The van der Waals surface area contributed by atoms with Crippen molar-refractivity contribution in [2.75, 3.05) is 12.4 Å². The first kappa shape index (κ1) is 38.3. The minimum Gasteiger partial charge on any atom is -0.497 e. The average Bonchev–Trinajstić information content (AvgIpc) is 3.07. The van der Waals surface area contributed by atoms with E-state index in [2.05, 4.69) is 106 Å². The molecule has 6 heteroatoms. The van der Waals surface area contributed by atoms with Crippen molar-refractivity contribution in [3.63, 3.8) is 0 Å². The molecule has 3 rings (SSSR count). The molecule has 48 heavy (non-hydrogen) atoms. The largest absolute Gasteiger partial charge is 0.497 e. The SMILES string of the molecule is C=C/C=C(\C)C(=O)Nc1ccc(OC)cc1OC(CCCCCC(CC=C)O[Si](c1ccccc1)(c1ccccc1)C(C)(C)C)C(=C)C. The molecule has 0 bridgehead atoms. The molecule has 3 aromatic carbocycles. The Hall–Kier alpha value is -4.13. The molecule has 3 aromatic rings. The fourth-order valence-electron chi connectivity index (χ4n) is 6.09. The van der Waals surface area contributed by atoms with Gasteiger partial charge in [-0.2, -0.15) is 0 Å². The minimum atomic E-state index is -2.66. The molecule has 0 heterocycles. The molecule has 1 amide bonds. The van der Waals surface area contributed by atoms with Gasteiger partial charge in [0.25, 0.3) is 14.2 Å². The maximum absolute atomic E-state index is 12.7. The number of anilines is 1. The Kier molecular flexibility index (Phi) is 14.7. The third-order valence-corrected chi connectivity index (χ3v) is 13.8. The van der Waals surface area contributed by atoms with Gasteiger partial charge >= 0.3 is 0 Å². The Morgan fingerprint density at radius 3 is 2.02 bits per heavy atom. The number of hydrogen-bond acceptors (Lipinski definition) is 4. The predicted octanol–water partition coefficient (Wildman–Crippen LogP) is 9.56. The molecule has 0 aliphatic heterocycles. The third-order valence-electron chi connectivity index (χ3n) is 8.66. The second kappa shape index (κ2) is 18.4. The summed E-state index contributed by atoms with van der Waals surface area (Å²) in [4.78, 5) is 12.7. The lowest BCUT2D eigenvalue weighted by Gasteiger charge is -2.45. The maximum Gasteiger partial charge on any atom is 0.261 e. The number of rotatable bonds is 19. The molecule has 5 nitrogen and oxygen atoms in total. The van der Waals surface area contributed by atoms with Crippen LogP contribution < -0.4 is 25.2 Å². The van der Waals surface area contributed by atoms with Crippen molar-refractivity contribution < 1.29 is 18.7 Å². The van der Waals surface area contributed by atoms with E-state index in [0.29, 0.717) is 22.8 Å². The lowest BCUT2D eigenvalue weighted by molar-refractivity contribution is -0.112. The molecule has 2 atom stereocenters. The van der Waals surface area contributed by atoms with Crippen LogP contribution in [0, 0.1) is 0 Å². The van der Waals surface area contributed by atoms with E-state index in [1.54, 1.807) is 44.4 Å². The summed E-state index contributed by atoms with van der Waals surface area (Å²) in [7, 11) is -1.05. The van der Waals surface area contributed by atoms with Crippen molar-refractivity contribution >= 4 is 30.3 Å². The van der Waals surface area contributed by atoms with Crippen LogP contribution in [0.2, 0.25) is 5.04 Å². The van der Waals surface area contributed by atoms with Gasteiger partial charge in [0.05, 0.1) is 12.8 Å². The van der Waals surface area contributed by atoms with E-state index in [-0.39, 0.29) is 23.2 Å². The summed E-state index contributed by atoms with van der Waals surface area (Å²) in [6, 6.07) is 27.0. The molecular weight excluding hydrogens is 611 g/mol. The van der Waals surface area contributed by atoms with Gasteiger partial charge in [-0.05, 0) is 72.6 Å². The number of benzene rings is 3. The molecule has 2 unspecified atom stereocenters. The van der Waals surface area contributed by atoms with Crippen LogP contribution in [0.25, 0.3) is 0 Å². The second-order valence-electron chi connectivity index (χ2n) is 13.4. The monoisotopic (exact) mass is 665 g/mol. The number of allylic oxidation sites excluding steroid dienone is 2. The Morgan fingerprint density at radius 2 is 1.50 bits per heavy atom. The molecule has 0 aliphatic rings. The van der Waals surface area contributed by atoms with Gasteiger partial charge in [-0.3, -0.25) is 4.79 Å². The van der Waals surface area contributed by atoms with Crippen LogP contribution in [0.15, 0.2) is 128 Å². The first-order chi connectivity index (χ1) is 23.0. The number of carbonyl (C=O) groups is 1. The average molecular weight is 666 g/mol. The molecule has 0 aliphatic carbocycles. The summed E-state index contributed by atoms with van der Waals surface area (Å²) in [5.74, 6) is 0.981. The van der Waals surface area contributed by atoms with Crippen LogP contribution >= 0.6 is 0 Å². The van der Waals surface area contributed by atoms with Crippen molar-refractivity contribution in [3.05, 3.63) is 128 Å². The first-order valence-corrected chi connectivity index (χ1v) is 18.9. The van der Waals surface area contributed by atoms with Gasteiger partial charge in [0, 0.05) is 17.7 Å². The highest BCUT2D eigenvalue weighted by molar-refractivity contribution is 6.99. The molecule has 0 saturated carbocycles. The van der Waals surface area contributed by atoms with E-state index in [9.17, 15) is 4.79 Å². The van der Waals surface area contributed by atoms with E-state index in [0.717, 1.165) is 44.1 Å². The number of ether oxygens (including phenoxy) is 2. The fourth-order valence-corrected chi connectivity index (χ4v) is 10.8. The molecule has 0 fully saturated rings. The summed E-state index contributed by atoms with van der Waals surface area (Å²) in [5, 5.41) is 5.46. The number of amides is 1. The van der Waals surface area contributed by atoms with Crippen LogP contribution in [-0.4, -0.2) is 33.5 Å². The lowest BCUT2D eigenvalue weighted by atomic mass is 10.0. The predicted molar refractivity (Wildman–Crippen MR) is 205 cm³/mol. The van der Waals surface area contributed by atoms with Gasteiger partial charge in [0.1, 0.15) is 17.6 Å². The quantitative estimate of drug-likeness (QED) is 0.0456. The third kappa shape index (κ3) is 10.2. The van der Waals surface area contributed by atoms with Crippen molar-refractivity contribution in [1.29, 1.82) is 0 Å². The Labute approximate surface area is 290 Å². The zero-order valence-corrected chi connectivity index (χ0v) is 30.9. The number of methoxy groups -OCH3 is 1. The summed E-state index contributed by atoms with van der Waals surface area (Å²) < 4.78 is 19.4. The van der Waals surface area contributed by atoms with Gasteiger partial charge in [-0.1, -0.05) is 126 Å². The summed E-state index contributed by atoms with van der Waals surface area (Å²) >= 11 is 0. The summed E-state index contributed by atoms with van der Waals surface area (Å²) in [6.07, 6.45) is 10.7. The molecule has 0 spiro atoms. The highest BCUT2D eigenvalue weighted by atomic mass is 28.4. The van der Waals surface area contributed by atoms with Crippen LogP contribution in [0.3, 0.4) is 0 Å². The molecular formula is C42H55NO4Si. The standard InChI is InChI=1S/C42H55NO4Si/c1-10-21-33(5)41(44)43-38-30-29-35(45-9)31-40(38)46-39(32(3)4)28-20-12-15-23-34(22-11-2)47-48(42(6,7)8,36-24-16-13-17-25-36)37-26-18-14-19-27-37/h10-11,13-14,16-19,21,24-27,29-31,34,39H,1-3,12,15,20,22-23,28H2,4-9H3,(H,43,44)/b33-21+. The van der Waals surface area contributed by atoms with Crippen LogP contribution in [-0.2, 0) is 9.22 Å². The van der Waals surface area contributed by atoms with E-state index < -0.39 is 8.32 Å². The molecule has 0 saturated heterocycles. The van der Waals surface area contributed by atoms with Crippen molar-refractivity contribution in [2.24, 2.45) is 0 Å². The number of carbonyl (C=O) groups excluding carboxylic acids is 1. The van der Waals surface area contributed by atoms with Gasteiger partial charge in [-0.15, -0.1) is 6.58 Å². The second-order valence-corrected chi connectivity index (χ2v) is 17.7. The van der Waals surface area contributed by atoms with E-state index in [1.807, 2.05) is 13.0 Å². The smallest absolute Gasteiger partial charge is 0.261 e. The topological polar surface area (TPSA) is 56.8 Å². The number of unbranched alkanes of at least 4 members (excludes halogenated alkanes) is 2. The maximum atomic E-state index is 12.7. The Morgan fingerprint density at radius 1 is 0.896 bits per heavy atom. The minimum absolute atomic E-state index is 0.0588. The van der Waals surface area contributed by atoms with E-state index in [1.165, 1.54) is 10.4 Å². The van der Waals surface area contributed by atoms with Crippen LogP contribution in [0.4, 0.5) is 5.69 Å². The first-order valence-electron chi connectivity index (χ1n) is 17.0. The number of nitrogens with one attached hydrogen (secondary N) is 1. The van der Waals surface area contributed by atoms with Gasteiger partial charge in [0.2, 0.25) is 0 Å². The van der Waals surface area contributed by atoms with Crippen molar-refractivity contribution in [2.45, 2.75) is 90.4 Å². The fraction of sp³-hybridized carbons (Fsp3) is 0.357. The number of hydrogen-bond donors (Lipinski definition) is 1. The molecule has 256 valence electrons. The van der Waals surface area contributed by atoms with Gasteiger partial charge < -0.3 is 19.2 Å². The Balaban J connectivity index is 1.72. The highest BCUT2D eigenvalue weighted by Gasteiger charge is 2.51. The molecule has 0 radical (unpaired) electrons. The highest BCUT2D eigenvalue weighted by Crippen LogP contribution is 2.38. The van der Waals surface area contributed by atoms with E-state index in [4.69, 9.17) is 13.9 Å². The van der Waals surface area contributed by atoms with Crippen molar-refractivity contribution in [3.8, 4) is 11.5 Å².